The van der Waals surface area contributed by atoms with Crippen LogP contribution >= 0.6 is 0 Å². The standard InChI is InChI=1S/C20H17F3N2O3/c1-12(24-13(2)26)14-6-8-18-15(10-14)7-9-19(25-18)27-16-4-3-5-17(11-16)28-20(21,22)23/h3-12H,1-2H3,(H,24,26). The highest BCUT2D eigenvalue weighted by atomic mass is 19.4. The molecular weight excluding hydrogens is 373 g/mol. The molecule has 3 aromatic rings. The Labute approximate surface area is 159 Å². The summed E-state index contributed by atoms with van der Waals surface area (Å²) in [5, 5.41) is 3.66. The highest BCUT2D eigenvalue weighted by Gasteiger charge is 2.31. The number of carbonyl (C=O) groups excluding carboxylic acids is 1. The molecule has 0 aliphatic heterocycles. The van der Waals surface area contributed by atoms with Crippen LogP contribution in [0.15, 0.2) is 54.6 Å². The second-order valence-electron chi connectivity index (χ2n) is 6.15. The fourth-order valence-corrected chi connectivity index (χ4v) is 2.70. The zero-order valence-electron chi connectivity index (χ0n) is 15.1. The molecule has 0 radical (unpaired) electrons. The number of benzene rings is 2. The average molecular weight is 390 g/mol. The number of carbonyl (C=O) groups is 1. The van der Waals surface area contributed by atoms with Crippen molar-refractivity contribution < 1.29 is 27.4 Å². The van der Waals surface area contributed by atoms with Crippen LogP contribution in [0.3, 0.4) is 0 Å². The van der Waals surface area contributed by atoms with Gasteiger partial charge in [-0.15, -0.1) is 13.2 Å². The number of ether oxygens (including phenoxy) is 2. The Morgan fingerprint density at radius 2 is 1.82 bits per heavy atom. The maximum Gasteiger partial charge on any atom is 0.573 e. The molecule has 1 N–H and O–H groups in total. The maximum atomic E-state index is 12.3. The minimum Gasteiger partial charge on any atom is -0.439 e. The fourth-order valence-electron chi connectivity index (χ4n) is 2.70. The monoisotopic (exact) mass is 390 g/mol. The number of fused-ring (bicyclic) bond motifs is 1. The number of nitrogens with one attached hydrogen (secondary N) is 1. The van der Waals surface area contributed by atoms with Crippen molar-refractivity contribution in [3.8, 4) is 17.4 Å². The van der Waals surface area contributed by atoms with Crippen LogP contribution in [0, 0.1) is 0 Å². The zero-order chi connectivity index (χ0) is 20.3. The summed E-state index contributed by atoms with van der Waals surface area (Å²) in [6.45, 7) is 3.33. The van der Waals surface area contributed by atoms with E-state index in [-0.39, 0.29) is 29.3 Å². The minimum atomic E-state index is -4.77. The van der Waals surface area contributed by atoms with Gasteiger partial charge in [0.15, 0.2) is 0 Å². The van der Waals surface area contributed by atoms with Crippen LogP contribution in [-0.2, 0) is 4.79 Å². The van der Waals surface area contributed by atoms with Gasteiger partial charge in [0.25, 0.3) is 0 Å². The van der Waals surface area contributed by atoms with Crippen molar-refractivity contribution in [3.63, 3.8) is 0 Å². The molecule has 0 saturated carbocycles. The van der Waals surface area contributed by atoms with Crippen LogP contribution in [0.4, 0.5) is 13.2 Å². The molecular formula is C20H17F3N2O3. The maximum absolute atomic E-state index is 12.3. The first kappa shape index (κ1) is 19.5. The van der Waals surface area contributed by atoms with Gasteiger partial charge >= 0.3 is 6.36 Å². The normalized spacial score (nSPS) is 12.5. The van der Waals surface area contributed by atoms with Crippen LogP contribution in [0.5, 0.6) is 17.4 Å². The lowest BCUT2D eigenvalue weighted by Gasteiger charge is -2.14. The second kappa shape index (κ2) is 7.75. The van der Waals surface area contributed by atoms with Crippen LogP contribution in [0.25, 0.3) is 10.9 Å². The van der Waals surface area contributed by atoms with Crippen molar-refractivity contribution in [2.24, 2.45) is 0 Å². The molecule has 1 unspecified atom stereocenters. The lowest BCUT2D eigenvalue weighted by Crippen LogP contribution is -2.23. The second-order valence-corrected chi connectivity index (χ2v) is 6.15. The highest BCUT2D eigenvalue weighted by Crippen LogP contribution is 2.29. The average Bonchev–Trinajstić information content (AvgIpc) is 2.59. The molecule has 1 aromatic heterocycles. The highest BCUT2D eigenvalue weighted by molar-refractivity contribution is 5.80. The Bertz CT molecular complexity index is 1010. The predicted octanol–water partition coefficient (Wildman–Crippen LogP) is 5.12. The third-order valence-electron chi connectivity index (χ3n) is 3.87. The molecule has 28 heavy (non-hydrogen) atoms. The summed E-state index contributed by atoms with van der Waals surface area (Å²) in [6.07, 6.45) is -4.77. The van der Waals surface area contributed by atoms with E-state index in [0.29, 0.717) is 5.52 Å². The number of nitrogens with zero attached hydrogens (tertiary/aromatic N) is 1. The molecule has 0 aliphatic rings. The van der Waals surface area contributed by atoms with Crippen molar-refractivity contribution >= 4 is 16.8 Å². The summed E-state index contributed by atoms with van der Waals surface area (Å²) < 4.78 is 46.4. The van der Waals surface area contributed by atoms with Crippen molar-refractivity contribution in [1.29, 1.82) is 0 Å². The SMILES string of the molecule is CC(=O)NC(C)c1ccc2nc(Oc3cccc(OC(F)(F)F)c3)ccc2c1. The van der Waals surface area contributed by atoms with Crippen LogP contribution in [-0.4, -0.2) is 17.3 Å². The molecule has 0 spiro atoms. The van der Waals surface area contributed by atoms with Gasteiger partial charge in [0.2, 0.25) is 11.8 Å². The number of pyridine rings is 1. The van der Waals surface area contributed by atoms with Gasteiger partial charge in [0.05, 0.1) is 11.6 Å². The van der Waals surface area contributed by atoms with Gasteiger partial charge < -0.3 is 14.8 Å². The Kier molecular flexibility index (Phi) is 5.39. The first-order valence-corrected chi connectivity index (χ1v) is 8.41. The Morgan fingerprint density at radius 1 is 1.07 bits per heavy atom. The van der Waals surface area contributed by atoms with E-state index in [0.717, 1.165) is 17.0 Å². The molecule has 0 saturated heterocycles. The van der Waals surface area contributed by atoms with E-state index in [1.54, 1.807) is 18.2 Å². The zero-order valence-corrected chi connectivity index (χ0v) is 15.1. The molecule has 0 fully saturated rings. The third-order valence-corrected chi connectivity index (χ3v) is 3.87. The smallest absolute Gasteiger partial charge is 0.439 e. The van der Waals surface area contributed by atoms with Gasteiger partial charge in [0, 0.05) is 24.4 Å². The van der Waals surface area contributed by atoms with Crippen molar-refractivity contribution in [2.75, 3.05) is 0 Å². The first-order valence-electron chi connectivity index (χ1n) is 8.41. The van der Waals surface area contributed by atoms with Crippen LogP contribution in [0.1, 0.15) is 25.5 Å². The summed E-state index contributed by atoms with van der Waals surface area (Å²) in [5.41, 5.74) is 1.58. The van der Waals surface area contributed by atoms with E-state index in [1.165, 1.54) is 25.1 Å². The lowest BCUT2D eigenvalue weighted by molar-refractivity contribution is -0.274. The van der Waals surface area contributed by atoms with E-state index in [4.69, 9.17) is 4.74 Å². The molecule has 1 atom stereocenters. The molecule has 8 heteroatoms. The van der Waals surface area contributed by atoms with Crippen LogP contribution < -0.4 is 14.8 Å². The lowest BCUT2D eigenvalue weighted by atomic mass is 10.1. The quantitative estimate of drug-likeness (QED) is 0.657. The molecule has 0 bridgehead atoms. The van der Waals surface area contributed by atoms with E-state index in [9.17, 15) is 18.0 Å². The fraction of sp³-hybridized carbons (Fsp3) is 0.200. The number of rotatable bonds is 5. The number of hydrogen-bond acceptors (Lipinski definition) is 4. The summed E-state index contributed by atoms with van der Waals surface area (Å²) >= 11 is 0. The Hall–Kier alpha value is -3.29. The molecule has 5 nitrogen and oxygen atoms in total. The van der Waals surface area contributed by atoms with Gasteiger partial charge in [0.1, 0.15) is 11.5 Å². The molecule has 2 aromatic carbocycles. The largest absolute Gasteiger partial charge is 0.573 e. The number of halogens is 3. The third kappa shape index (κ3) is 5.12. The summed E-state index contributed by atoms with van der Waals surface area (Å²) in [5.74, 6) is -0.0857. The Balaban J connectivity index is 1.79. The van der Waals surface area contributed by atoms with Crippen molar-refractivity contribution in [3.05, 3.63) is 60.2 Å². The van der Waals surface area contributed by atoms with Crippen molar-refractivity contribution in [2.45, 2.75) is 26.3 Å². The Morgan fingerprint density at radius 3 is 2.54 bits per heavy atom. The van der Waals surface area contributed by atoms with Gasteiger partial charge in [-0.2, -0.15) is 0 Å². The first-order chi connectivity index (χ1) is 13.2. The summed E-state index contributed by atoms with van der Waals surface area (Å²) in [4.78, 5) is 15.6. The summed E-state index contributed by atoms with van der Waals surface area (Å²) in [6, 6.07) is 14.0. The number of amides is 1. The number of hydrogen-bond donors (Lipinski definition) is 1. The van der Waals surface area contributed by atoms with Crippen molar-refractivity contribution in [1.82, 2.24) is 10.3 Å². The molecule has 0 aliphatic carbocycles. The van der Waals surface area contributed by atoms with E-state index >= 15 is 0 Å². The van der Waals surface area contributed by atoms with Gasteiger partial charge in [-0.1, -0.05) is 12.1 Å². The van der Waals surface area contributed by atoms with Gasteiger partial charge in [-0.05, 0) is 42.8 Å². The summed E-state index contributed by atoms with van der Waals surface area (Å²) in [7, 11) is 0. The minimum absolute atomic E-state index is 0.119. The molecule has 1 amide bonds. The topological polar surface area (TPSA) is 60.5 Å². The predicted molar refractivity (Wildman–Crippen MR) is 97.2 cm³/mol. The molecule has 1 heterocycles. The van der Waals surface area contributed by atoms with E-state index < -0.39 is 6.36 Å². The van der Waals surface area contributed by atoms with E-state index in [2.05, 4.69) is 15.0 Å². The van der Waals surface area contributed by atoms with Gasteiger partial charge in [-0.25, -0.2) is 4.98 Å². The molecule has 3 rings (SSSR count). The molecule has 146 valence electrons. The number of aromatic nitrogens is 1. The number of alkyl halides is 3. The van der Waals surface area contributed by atoms with E-state index in [1.807, 2.05) is 19.1 Å². The van der Waals surface area contributed by atoms with Gasteiger partial charge in [-0.3, -0.25) is 4.79 Å². The van der Waals surface area contributed by atoms with Crippen LogP contribution in [0.2, 0.25) is 0 Å².